The van der Waals surface area contributed by atoms with E-state index in [1.54, 1.807) is 0 Å². The second kappa shape index (κ2) is 13.8. The van der Waals surface area contributed by atoms with Crippen molar-refractivity contribution in [2.45, 2.75) is 85.5 Å². The molecule has 0 spiro atoms. The SMILES string of the molecule is Cc1cc(-c2cccc3c2nc(-c2cc(C(C)(C)C)cc(C(C)(C)C)c2O)n3-c2ccc(C(C)(C)C)cc2-c2ccccc2)[c-]c2c1Oc1ccc3ccnc-2n13.[Pt]. The fourth-order valence-corrected chi connectivity index (χ4v) is 8.13. The summed E-state index contributed by atoms with van der Waals surface area (Å²) < 4.78 is 10.8. The molecule has 1 aliphatic rings. The van der Waals surface area contributed by atoms with Crippen LogP contribution in [-0.4, -0.2) is 24.0 Å². The number of imidazole rings is 1. The molecule has 3 aromatic heterocycles. The molecule has 1 N–H and O–H groups in total. The van der Waals surface area contributed by atoms with Crippen LogP contribution in [0.2, 0.25) is 0 Å². The van der Waals surface area contributed by atoms with Crippen LogP contribution in [0, 0.1) is 13.0 Å². The predicted molar refractivity (Wildman–Crippen MR) is 233 cm³/mol. The molecule has 0 saturated carbocycles. The summed E-state index contributed by atoms with van der Waals surface area (Å²) in [5, 5.41) is 12.4. The molecule has 0 bridgehead atoms. The van der Waals surface area contributed by atoms with Gasteiger partial charge in [0.2, 0.25) is 0 Å². The number of hydrogen-bond donors (Lipinski definition) is 1. The smallest absolute Gasteiger partial charge is 0.190 e. The van der Waals surface area contributed by atoms with E-state index in [-0.39, 0.29) is 43.1 Å². The van der Waals surface area contributed by atoms with Gasteiger partial charge in [0.05, 0.1) is 33.9 Å². The van der Waals surface area contributed by atoms with Crippen molar-refractivity contribution in [2.75, 3.05) is 0 Å². The van der Waals surface area contributed by atoms with Crippen LogP contribution in [0.3, 0.4) is 0 Å². The van der Waals surface area contributed by atoms with E-state index < -0.39 is 0 Å². The van der Waals surface area contributed by atoms with Crippen LogP contribution >= 0.6 is 0 Å². The Hall–Kier alpha value is -5.45. The van der Waals surface area contributed by atoms with Gasteiger partial charge in [-0.3, -0.25) is 14.0 Å². The van der Waals surface area contributed by atoms with Crippen LogP contribution < -0.4 is 4.74 Å². The molecule has 6 nitrogen and oxygen atoms in total. The number of benzene rings is 5. The number of aromatic nitrogens is 4. The van der Waals surface area contributed by atoms with Gasteiger partial charge in [-0.05, 0) is 74.9 Å². The van der Waals surface area contributed by atoms with Gasteiger partial charge in [-0.1, -0.05) is 135 Å². The third-order valence-corrected chi connectivity index (χ3v) is 11.4. The molecule has 0 aliphatic carbocycles. The maximum Gasteiger partial charge on any atom is 0.190 e. The number of rotatable bonds is 4. The zero-order valence-electron chi connectivity index (χ0n) is 34.9. The quantitative estimate of drug-likeness (QED) is 0.179. The molecule has 0 amide bonds. The first-order valence-electron chi connectivity index (χ1n) is 19.8. The van der Waals surface area contributed by atoms with E-state index >= 15 is 0 Å². The first-order valence-corrected chi connectivity index (χ1v) is 19.8. The van der Waals surface area contributed by atoms with Crippen molar-refractivity contribution in [3.8, 4) is 68.1 Å². The molecule has 8 aromatic rings. The Morgan fingerprint density at radius 3 is 2.10 bits per heavy atom. The summed E-state index contributed by atoms with van der Waals surface area (Å²) in [5.74, 6) is 3.22. The van der Waals surface area contributed by atoms with E-state index in [1.165, 1.54) is 5.56 Å². The molecule has 0 atom stereocenters. The summed E-state index contributed by atoms with van der Waals surface area (Å²) in [7, 11) is 0. The maximum atomic E-state index is 12.4. The normalized spacial score (nSPS) is 12.7. The predicted octanol–water partition coefficient (Wildman–Crippen LogP) is 13.2. The minimum atomic E-state index is -0.320. The molecule has 58 heavy (non-hydrogen) atoms. The van der Waals surface area contributed by atoms with Crippen molar-refractivity contribution in [1.29, 1.82) is 0 Å². The second-order valence-electron chi connectivity index (χ2n) is 18.6. The van der Waals surface area contributed by atoms with Crippen LogP contribution in [0.5, 0.6) is 17.4 Å². The van der Waals surface area contributed by atoms with Gasteiger partial charge in [0.15, 0.2) is 5.88 Å². The van der Waals surface area contributed by atoms with Gasteiger partial charge < -0.3 is 9.84 Å². The van der Waals surface area contributed by atoms with Crippen LogP contribution in [0.4, 0.5) is 0 Å². The third-order valence-electron chi connectivity index (χ3n) is 11.4. The molecule has 0 radical (unpaired) electrons. The zero-order valence-corrected chi connectivity index (χ0v) is 37.1. The molecule has 1 aliphatic heterocycles. The molecular formula is C51H49N4O2Pt-. The number of aryl methyl sites for hydroxylation is 1. The van der Waals surface area contributed by atoms with E-state index in [2.05, 4.69) is 165 Å². The van der Waals surface area contributed by atoms with Gasteiger partial charge in [0.25, 0.3) is 0 Å². The Morgan fingerprint density at radius 2 is 1.40 bits per heavy atom. The Kier molecular flexibility index (Phi) is 9.40. The number of ether oxygens (including phenoxy) is 1. The van der Waals surface area contributed by atoms with Gasteiger partial charge in [-0.15, -0.1) is 17.7 Å². The number of fused-ring (bicyclic) bond motifs is 3. The fraction of sp³-hybridized carbons (Fsp3) is 0.255. The summed E-state index contributed by atoms with van der Waals surface area (Å²) in [4.78, 5) is 10.4. The van der Waals surface area contributed by atoms with E-state index in [1.807, 2.05) is 28.8 Å². The van der Waals surface area contributed by atoms with Crippen LogP contribution in [0.1, 0.15) is 84.6 Å². The van der Waals surface area contributed by atoms with Crippen molar-refractivity contribution >= 4 is 16.6 Å². The Morgan fingerprint density at radius 1 is 0.672 bits per heavy atom. The Bertz CT molecular complexity index is 2900. The van der Waals surface area contributed by atoms with E-state index in [0.29, 0.717) is 11.4 Å². The number of phenols is 1. The van der Waals surface area contributed by atoms with Crippen LogP contribution in [0.15, 0.2) is 109 Å². The summed E-state index contributed by atoms with van der Waals surface area (Å²) in [6.45, 7) is 22.0. The van der Waals surface area contributed by atoms with E-state index in [0.717, 1.165) is 84.2 Å². The third kappa shape index (κ3) is 6.46. The van der Waals surface area contributed by atoms with Gasteiger partial charge in [-0.25, -0.2) is 4.98 Å². The van der Waals surface area contributed by atoms with Gasteiger partial charge in [-0.2, -0.15) is 0 Å². The molecule has 0 fully saturated rings. The van der Waals surface area contributed by atoms with Crippen molar-refractivity contribution in [3.05, 3.63) is 138 Å². The summed E-state index contributed by atoms with van der Waals surface area (Å²) >= 11 is 0. The second-order valence-corrected chi connectivity index (χ2v) is 18.6. The number of hydrogen-bond acceptors (Lipinski definition) is 4. The molecule has 296 valence electrons. The van der Waals surface area contributed by atoms with Crippen molar-refractivity contribution in [2.24, 2.45) is 0 Å². The minimum absolute atomic E-state index is 0. The topological polar surface area (TPSA) is 64.6 Å². The van der Waals surface area contributed by atoms with Gasteiger partial charge >= 0.3 is 0 Å². The number of nitrogens with zero attached hydrogens (tertiary/aromatic N) is 4. The minimum Gasteiger partial charge on any atom is -0.507 e. The van der Waals surface area contributed by atoms with E-state index in [4.69, 9.17) is 14.7 Å². The molecule has 4 heterocycles. The van der Waals surface area contributed by atoms with E-state index in [9.17, 15) is 5.11 Å². The van der Waals surface area contributed by atoms with Crippen LogP contribution in [-0.2, 0) is 37.3 Å². The monoisotopic (exact) mass is 944 g/mol. The number of aromatic hydroxyl groups is 1. The van der Waals surface area contributed by atoms with Gasteiger partial charge in [0.1, 0.15) is 11.6 Å². The molecule has 0 saturated heterocycles. The fourth-order valence-electron chi connectivity index (χ4n) is 8.13. The Balaban J connectivity index is 0.00000469. The zero-order chi connectivity index (χ0) is 40.2. The van der Waals surface area contributed by atoms with Gasteiger partial charge in [0, 0.05) is 50.0 Å². The summed E-state index contributed by atoms with van der Waals surface area (Å²) in [6, 6.07) is 39.9. The average Bonchev–Trinajstić information content (AvgIpc) is 3.76. The molecule has 9 rings (SSSR count). The van der Waals surface area contributed by atoms with Crippen molar-refractivity contribution in [3.63, 3.8) is 0 Å². The summed E-state index contributed by atoms with van der Waals surface area (Å²) in [5.41, 5.74) is 12.9. The molecule has 0 unspecified atom stereocenters. The molecule has 5 aromatic carbocycles. The first-order chi connectivity index (χ1) is 27.0. The van der Waals surface area contributed by atoms with Crippen molar-refractivity contribution < 1.29 is 30.9 Å². The standard InChI is InChI=1S/C51H49N4O2.Pt/c1-30-25-32(26-39-46(30)57-43-22-20-35-23-24-52-47(39)54(35)43)36-17-14-18-42-44(36)53-48(38-28-34(50(5,6)7)29-40(45(38)56)51(8,9)10)55(42)41-21-19-33(49(2,3)4)27-37(41)31-15-12-11-13-16-31;/h11-25,27-29,56H,1-10H3;/q-1;. The number of para-hydroxylation sites is 1. The van der Waals surface area contributed by atoms with Crippen LogP contribution in [0.25, 0.3) is 67.3 Å². The molecule has 7 heteroatoms. The maximum absolute atomic E-state index is 12.4. The number of phenolic OH excluding ortho intramolecular Hbond substituents is 1. The first kappa shape index (κ1) is 39.4. The van der Waals surface area contributed by atoms with Crippen molar-refractivity contribution in [1.82, 2.24) is 18.9 Å². The largest absolute Gasteiger partial charge is 0.507 e. The molecular weight excluding hydrogens is 896 g/mol. The summed E-state index contributed by atoms with van der Waals surface area (Å²) in [6.07, 6.45) is 1.84. The average molecular weight is 945 g/mol. The Labute approximate surface area is 355 Å².